The number of allylic oxidation sites excluding steroid dienone is 1. The molecule has 0 N–H and O–H groups in total. The summed E-state index contributed by atoms with van der Waals surface area (Å²) in [6, 6.07) is 19.4. The molecule has 0 amide bonds. The van der Waals surface area contributed by atoms with E-state index in [0.717, 1.165) is 24.0 Å². The summed E-state index contributed by atoms with van der Waals surface area (Å²) in [5, 5.41) is 0. The van der Waals surface area contributed by atoms with Crippen molar-refractivity contribution in [2.75, 3.05) is 6.26 Å². The molecule has 0 aliphatic heterocycles. The van der Waals surface area contributed by atoms with Crippen LogP contribution >= 0.6 is 0 Å². The second-order valence-electron chi connectivity index (χ2n) is 6.11. The summed E-state index contributed by atoms with van der Waals surface area (Å²) >= 11 is 0. The fraction of sp³-hybridized carbons (Fsp3) is 0.286. The highest BCUT2D eigenvalue weighted by Gasteiger charge is 2.20. The minimum atomic E-state index is -3.45. The van der Waals surface area contributed by atoms with Crippen molar-refractivity contribution in [3.05, 3.63) is 83.9 Å². The fourth-order valence-corrected chi connectivity index (χ4v) is 3.29. The highest BCUT2D eigenvalue weighted by atomic mass is 32.2. The van der Waals surface area contributed by atoms with E-state index in [4.69, 9.17) is 0 Å². The Labute approximate surface area is 156 Å². The Bertz CT molecular complexity index is 829. The molecule has 2 aromatic carbocycles. The van der Waals surface area contributed by atoms with E-state index in [9.17, 15) is 8.42 Å². The van der Waals surface area contributed by atoms with Crippen molar-refractivity contribution in [3.63, 3.8) is 0 Å². The molecule has 0 radical (unpaired) electrons. The van der Waals surface area contributed by atoms with Gasteiger partial charge in [-0.1, -0.05) is 80.1 Å². The van der Waals surface area contributed by atoms with Crippen molar-refractivity contribution in [3.8, 4) is 0 Å². The highest BCUT2D eigenvalue weighted by molar-refractivity contribution is 7.88. The molecular weight excluding hydrogens is 344 g/mol. The summed E-state index contributed by atoms with van der Waals surface area (Å²) in [6.45, 7) is 2.79. The van der Waals surface area contributed by atoms with E-state index >= 15 is 0 Å². The quantitative estimate of drug-likeness (QED) is 0.511. The predicted octanol–water partition coefficient (Wildman–Crippen LogP) is 4.40. The monoisotopic (exact) mass is 370 g/mol. The molecule has 2 rings (SSSR count). The van der Waals surface area contributed by atoms with Gasteiger partial charge in [0.15, 0.2) is 0 Å². The summed E-state index contributed by atoms with van der Waals surface area (Å²) in [5.74, 6) is 0.466. The minimum Gasteiger partial charge on any atom is -0.263 e. The van der Waals surface area contributed by atoms with Crippen LogP contribution in [0.3, 0.4) is 0 Å². The van der Waals surface area contributed by atoms with Crippen LogP contribution in [-0.2, 0) is 23.1 Å². The molecule has 0 bridgehead atoms. The van der Waals surface area contributed by atoms with Crippen LogP contribution in [0.5, 0.6) is 0 Å². The highest BCUT2D eigenvalue weighted by Crippen LogP contribution is 2.12. The lowest BCUT2D eigenvalue weighted by Gasteiger charge is -2.22. The Balaban J connectivity index is 2.34. The molecule has 0 aliphatic rings. The largest absolute Gasteiger partial charge is 0.263 e. The van der Waals surface area contributed by atoms with E-state index < -0.39 is 10.0 Å². The van der Waals surface area contributed by atoms with Crippen LogP contribution in [0, 0.1) is 0 Å². The normalized spacial score (nSPS) is 12.5. The molecule has 26 heavy (non-hydrogen) atoms. The van der Waals surface area contributed by atoms with Crippen LogP contribution in [0.15, 0.2) is 77.8 Å². The molecule has 0 saturated heterocycles. The molecular formula is C21H26N2O2S. The van der Waals surface area contributed by atoms with Crippen molar-refractivity contribution in [1.82, 2.24) is 4.31 Å². The maximum atomic E-state index is 12.4. The minimum absolute atomic E-state index is 0.268. The van der Waals surface area contributed by atoms with Crippen LogP contribution in [0.1, 0.15) is 30.9 Å². The van der Waals surface area contributed by atoms with Gasteiger partial charge >= 0.3 is 0 Å². The third kappa shape index (κ3) is 6.48. The molecule has 2 aromatic rings. The van der Waals surface area contributed by atoms with Crippen LogP contribution < -0.4 is 0 Å². The zero-order valence-electron chi connectivity index (χ0n) is 15.4. The molecule has 0 aliphatic carbocycles. The first kappa shape index (κ1) is 19.9. The van der Waals surface area contributed by atoms with Crippen LogP contribution in [-0.4, -0.2) is 24.8 Å². The summed E-state index contributed by atoms with van der Waals surface area (Å²) in [6.07, 6.45) is 6.90. The van der Waals surface area contributed by atoms with Crippen LogP contribution in [0.2, 0.25) is 0 Å². The average Bonchev–Trinajstić information content (AvgIpc) is 2.64. The van der Waals surface area contributed by atoms with Gasteiger partial charge in [0.05, 0.1) is 19.3 Å². The van der Waals surface area contributed by atoms with Crippen molar-refractivity contribution in [2.45, 2.75) is 32.9 Å². The SMILES string of the molecule is CCC/C=C/C(=NCc1ccccc1)N(Cc1ccccc1)S(C)(=O)=O. The number of hydrogen-bond acceptors (Lipinski definition) is 3. The molecule has 138 valence electrons. The first-order valence-corrected chi connectivity index (χ1v) is 10.6. The third-order valence-corrected chi connectivity index (χ3v) is 4.93. The lowest BCUT2D eigenvalue weighted by molar-refractivity contribution is 0.525. The second kappa shape index (κ2) is 9.92. The number of benzene rings is 2. The van der Waals surface area contributed by atoms with E-state index in [1.54, 1.807) is 0 Å². The number of aliphatic imine (C=N–C) groups is 1. The summed E-state index contributed by atoms with van der Waals surface area (Å²) < 4.78 is 26.2. The molecule has 0 spiro atoms. The molecule has 0 aromatic heterocycles. The van der Waals surface area contributed by atoms with Gasteiger partial charge in [0.1, 0.15) is 5.84 Å². The Morgan fingerprint density at radius 2 is 1.58 bits per heavy atom. The van der Waals surface area contributed by atoms with Gasteiger partial charge in [-0.05, 0) is 23.6 Å². The standard InChI is InChI=1S/C21H26N2O2S/c1-3-4-7-16-21(22-17-19-12-8-5-9-13-19)23(26(2,24)25)18-20-14-10-6-11-15-20/h5-16H,3-4,17-18H2,1-2H3/b16-7+,22-21?. The summed E-state index contributed by atoms with van der Waals surface area (Å²) in [4.78, 5) is 4.61. The Hall–Kier alpha value is -2.40. The fourth-order valence-electron chi connectivity index (χ4n) is 2.44. The molecule has 5 heteroatoms. The predicted molar refractivity (Wildman–Crippen MR) is 108 cm³/mol. The van der Waals surface area contributed by atoms with Gasteiger partial charge in [-0.3, -0.25) is 4.99 Å². The van der Waals surface area contributed by atoms with E-state index in [1.807, 2.05) is 72.8 Å². The van der Waals surface area contributed by atoms with Crippen molar-refractivity contribution < 1.29 is 8.42 Å². The second-order valence-corrected chi connectivity index (χ2v) is 8.01. The van der Waals surface area contributed by atoms with Crippen molar-refractivity contribution >= 4 is 15.9 Å². The summed E-state index contributed by atoms with van der Waals surface area (Å²) in [7, 11) is -3.45. The maximum absolute atomic E-state index is 12.4. The summed E-state index contributed by atoms with van der Waals surface area (Å²) in [5.41, 5.74) is 1.97. The first-order chi connectivity index (χ1) is 12.5. The van der Waals surface area contributed by atoms with Gasteiger partial charge in [-0.2, -0.15) is 0 Å². The Kier molecular flexibility index (Phi) is 7.60. The number of unbranched alkanes of at least 4 members (excludes halogenated alkanes) is 1. The zero-order valence-corrected chi connectivity index (χ0v) is 16.2. The lowest BCUT2D eigenvalue weighted by Crippen LogP contribution is -2.34. The maximum Gasteiger partial charge on any atom is 0.233 e. The third-order valence-electron chi connectivity index (χ3n) is 3.81. The number of hydrogen-bond donors (Lipinski definition) is 0. The van der Waals surface area contributed by atoms with Crippen molar-refractivity contribution in [1.29, 1.82) is 0 Å². The zero-order chi connectivity index (χ0) is 18.8. The Morgan fingerprint density at radius 3 is 2.12 bits per heavy atom. The van der Waals surface area contributed by atoms with Gasteiger partial charge in [0.2, 0.25) is 10.0 Å². The van der Waals surface area contributed by atoms with E-state index in [1.165, 1.54) is 10.6 Å². The topological polar surface area (TPSA) is 49.7 Å². The van der Waals surface area contributed by atoms with Crippen LogP contribution in [0.25, 0.3) is 0 Å². The lowest BCUT2D eigenvalue weighted by atomic mass is 10.2. The number of nitrogens with zero attached hydrogens (tertiary/aromatic N) is 2. The van der Waals surface area contributed by atoms with E-state index in [2.05, 4.69) is 11.9 Å². The van der Waals surface area contributed by atoms with Gasteiger partial charge in [-0.25, -0.2) is 12.7 Å². The number of amidine groups is 1. The van der Waals surface area contributed by atoms with Gasteiger partial charge in [-0.15, -0.1) is 0 Å². The number of sulfonamides is 1. The average molecular weight is 371 g/mol. The molecule has 4 nitrogen and oxygen atoms in total. The van der Waals surface area contributed by atoms with Gasteiger partial charge < -0.3 is 0 Å². The van der Waals surface area contributed by atoms with E-state index in [0.29, 0.717) is 12.4 Å². The molecule has 0 atom stereocenters. The molecule has 0 fully saturated rings. The van der Waals surface area contributed by atoms with Gasteiger partial charge in [0, 0.05) is 0 Å². The molecule has 0 heterocycles. The van der Waals surface area contributed by atoms with E-state index in [-0.39, 0.29) is 6.54 Å². The van der Waals surface area contributed by atoms with Gasteiger partial charge in [0.25, 0.3) is 0 Å². The van der Waals surface area contributed by atoms with Crippen molar-refractivity contribution in [2.24, 2.45) is 4.99 Å². The Morgan fingerprint density at radius 1 is 1.00 bits per heavy atom. The molecule has 0 unspecified atom stereocenters. The van der Waals surface area contributed by atoms with Crippen LogP contribution in [0.4, 0.5) is 0 Å². The first-order valence-electron chi connectivity index (χ1n) is 8.77. The number of rotatable bonds is 8. The smallest absolute Gasteiger partial charge is 0.233 e. The molecule has 0 saturated carbocycles.